The predicted molar refractivity (Wildman–Crippen MR) is 106 cm³/mol. The summed E-state index contributed by atoms with van der Waals surface area (Å²) in [6, 6.07) is 3.78. The Balaban J connectivity index is 1.99. The highest BCUT2D eigenvalue weighted by molar-refractivity contribution is 6.29. The van der Waals surface area contributed by atoms with Crippen molar-refractivity contribution in [2.24, 2.45) is 4.99 Å². The maximum atomic E-state index is 5.81. The van der Waals surface area contributed by atoms with Gasteiger partial charge in [0.2, 0.25) is 0 Å². The molecule has 0 saturated carbocycles. The van der Waals surface area contributed by atoms with Crippen molar-refractivity contribution < 1.29 is 4.74 Å². The van der Waals surface area contributed by atoms with Crippen LogP contribution in [-0.2, 0) is 13.0 Å². The normalized spacial score (nSPS) is 11.3. The number of methoxy groups -OCH3 is 1. The van der Waals surface area contributed by atoms with Gasteiger partial charge in [0.25, 0.3) is 0 Å². The number of hydrogen-bond donors (Lipinski definition) is 2. The number of nitrogens with one attached hydrogen (secondary N) is 2. The molecule has 0 aliphatic carbocycles. The van der Waals surface area contributed by atoms with Crippen LogP contribution in [0.15, 0.2) is 29.5 Å². The quantitative estimate of drug-likeness (QED) is 0.442. The van der Waals surface area contributed by atoms with Gasteiger partial charge in [-0.2, -0.15) is 0 Å². The van der Waals surface area contributed by atoms with Crippen LogP contribution in [0.3, 0.4) is 0 Å². The summed E-state index contributed by atoms with van der Waals surface area (Å²) < 4.78 is 5.46. The van der Waals surface area contributed by atoms with Crippen molar-refractivity contribution in [1.29, 1.82) is 0 Å². The van der Waals surface area contributed by atoms with Crippen molar-refractivity contribution >= 4 is 17.6 Å². The summed E-state index contributed by atoms with van der Waals surface area (Å²) in [5, 5.41) is 7.09. The second-order valence-corrected chi connectivity index (χ2v) is 6.29. The number of ether oxygens (including phenoxy) is 1. The van der Waals surface area contributed by atoms with E-state index in [0.29, 0.717) is 11.7 Å². The minimum atomic E-state index is 0.486. The summed E-state index contributed by atoms with van der Waals surface area (Å²) in [4.78, 5) is 13.2. The number of halogens is 1. The van der Waals surface area contributed by atoms with Gasteiger partial charge >= 0.3 is 0 Å². The first-order valence-electron chi connectivity index (χ1n) is 8.66. The lowest BCUT2D eigenvalue weighted by molar-refractivity contribution is 0.407. The van der Waals surface area contributed by atoms with Gasteiger partial charge in [-0.05, 0) is 38.8 Å². The van der Waals surface area contributed by atoms with Gasteiger partial charge in [0.15, 0.2) is 5.96 Å². The smallest absolute Gasteiger partial charge is 0.191 e. The summed E-state index contributed by atoms with van der Waals surface area (Å²) in [6.45, 7) is 8.07. The minimum absolute atomic E-state index is 0.486. The standard InChI is InChI=1S/C19H26ClN5O/c1-5-21-19(22-9-8-15-6-7-17(20)24-11-15)25-12-16-14(3)18(26-4)13(2)10-23-16/h6-7,10-11H,5,8-9,12H2,1-4H3,(H2,21,22,25). The lowest BCUT2D eigenvalue weighted by Gasteiger charge is -2.13. The average Bonchev–Trinajstić information content (AvgIpc) is 2.63. The van der Waals surface area contributed by atoms with Crippen molar-refractivity contribution in [2.75, 3.05) is 20.2 Å². The molecule has 26 heavy (non-hydrogen) atoms. The number of nitrogens with zero attached hydrogens (tertiary/aromatic N) is 3. The number of aromatic nitrogens is 2. The van der Waals surface area contributed by atoms with Crippen LogP contribution in [0.2, 0.25) is 5.15 Å². The van der Waals surface area contributed by atoms with E-state index >= 15 is 0 Å². The topological polar surface area (TPSA) is 71.4 Å². The van der Waals surface area contributed by atoms with Crippen LogP contribution in [-0.4, -0.2) is 36.1 Å². The Bertz CT molecular complexity index is 746. The van der Waals surface area contributed by atoms with Crippen LogP contribution in [0.4, 0.5) is 0 Å². The third-order valence-corrected chi connectivity index (χ3v) is 4.20. The number of rotatable bonds is 7. The fourth-order valence-electron chi connectivity index (χ4n) is 2.61. The Kier molecular flexibility index (Phi) is 7.66. The molecule has 0 spiro atoms. The largest absolute Gasteiger partial charge is 0.496 e. The first-order valence-corrected chi connectivity index (χ1v) is 9.04. The SMILES string of the molecule is CCNC(=NCc1ncc(C)c(OC)c1C)NCCc1ccc(Cl)nc1. The Morgan fingerprint density at radius 1 is 1.19 bits per heavy atom. The van der Waals surface area contributed by atoms with Crippen LogP contribution in [0, 0.1) is 13.8 Å². The Labute approximate surface area is 160 Å². The summed E-state index contributed by atoms with van der Waals surface area (Å²) in [6.07, 6.45) is 4.45. The van der Waals surface area contributed by atoms with Crippen LogP contribution in [0.25, 0.3) is 0 Å². The molecule has 0 aliphatic heterocycles. The van der Waals surface area contributed by atoms with Crippen LogP contribution in [0.5, 0.6) is 5.75 Å². The molecule has 7 heteroatoms. The van der Waals surface area contributed by atoms with E-state index in [4.69, 9.17) is 16.3 Å². The maximum Gasteiger partial charge on any atom is 0.191 e. The third-order valence-electron chi connectivity index (χ3n) is 3.98. The van der Waals surface area contributed by atoms with Gasteiger partial charge in [0.05, 0.1) is 19.3 Å². The molecule has 2 aromatic heterocycles. The highest BCUT2D eigenvalue weighted by Gasteiger charge is 2.09. The van der Waals surface area contributed by atoms with Gasteiger partial charge in [-0.3, -0.25) is 4.98 Å². The first kappa shape index (κ1) is 20.0. The molecule has 0 bridgehead atoms. The zero-order valence-electron chi connectivity index (χ0n) is 15.8. The van der Waals surface area contributed by atoms with E-state index in [0.717, 1.165) is 53.6 Å². The second kappa shape index (κ2) is 9.97. The minimum Gasteiger partial charge on any atom is -0.496 e. The van der Waals surface area contributed by atoms with Gasteiger partial charge in [-0.1, -0.05) is 17.7 Å². The maximum absolute atomic E-state index is 5.81. The molecule has 0 atom stereocenters. The van der Waals surface area contributed by atoms with Crippen molar-refractivity contribution in [3.8, 4) is 5.75 Å². The van der Waals surface area contributed by atoms with Gasteiger partial charge in [-0.15, -0.1) is 0 Å². The zero-order valence-corrected chi connectivity index (χ0v) is 16.5. The summed E-state index contributed by atoms with van der Waals surface area (Å²) in [5.41, 5.74) is 4.09. The molecule has 0 aliphatic rings. The number of guanidine groups is 1. The molecule has 0 fully saturated rings. The number of aryl methyl sites for hydroxylation is 1. The van der Waals surface area contributed by atoms with Crippen molar-refractivity contribution in [2.45, 2.75) is 33.7 Å². The number of hydrogen-bond acceptors (Lipinski definition) is 4. The molecule has 0 aromatic carbocycles. The molecular formula is C19H26ClN5O. The van der Waals surface area contributed by atoms with Crippen molar-refractivity contribution in [3.63, 3.8) is 0 Å². The Hall–Kier alpha value is -2.34. The van der Waals surface area contributed by atoms with Gasteiger partial charge < -0.3 is 15.4 Å². The summed E-state index contributed by atoms with van der Waals surface area (Å²) in [7, 11) is 1.68. The lowest BCUT2D eigenvalue weighted by atomic mass is 10.1. The van der Waals surface area contributed by atoms with E-state index in [1.165, 1.54) is 0 Å². The van der Waals surface area contributed by atoms with Gasteiger partial charge in [-0.25, -0.2) is 9.98 Å². The first-order chi connectivity index (χ1) is 12.5. The summed E-state index contributed by atoms with van der Waals surface area (Å²) >= 11 is 5.81. The number of aliphatic imine (C=N–C) groups is 1. The van der Waals surface area contributed by atoms with E-state index in [-0.39, 0.29) is 0 Å². The van der Waals surface area contributed by atoms with E-state index in [2.05, 4.69) is 25.6 Å². The van der Waals surface area contributed by atoms with Gasteiger partial charge in [0, 0.05) is 36.6 Å². The van der Waals surface area contributed by atoms with Crippen molar-refractivity contribution in [3.05, 3.63) is 52.1 Å². The molecule has 2 aromatic rings. The Morgan fingerprint density at radius 3 is 2.65 bits per heavy atom. The monoisotopic (exact) mass is 375 g/mol. The van der Waals surface area contributed by atoms with Crippen molar-refractivity contribution in [1.82, 2.24) is 20.6 Å². The molecule has 140 valence electrons. The molecular weight excluding hydrogens is 350 g/mol. The van der Waals surface area contributed by atoms with Gasteiger partial charge in [0.1, 0.15) is 10.9 Å². The second-order valence-electron chi connectivity index (χ2n) is 5.91. The zero-order chi connectivity index (χ0) is 18.9. The van der Waals surface area contributed by atoms with E-state index in [1.54, 1.807) is 19.4 Å². The average molecular weight is 376 g/mol. The molecule has 0 amide bonds. The molecule has 0 radical (unpaired) electrons. The molecule has 2 N–H and O–H groups in total. The van der Waals surface area contributed by atoms with Crippen LogP contribution < -0.4 is 15.4 Å². The van der Waals surface area contributed by atoms with Crippen LogP contribution >= 0.6 is 11.6 Å². The molecule has 0 unspecified atom stereocenters. The van der Waals surface area contributed by atoms with Crippen LogP contribution in [0.1, 0.15) is 29.3 Å². The third kappa shape index (κ3) is 5.59. The van der Waals surface area contributed by atoms with E-state index in [1.807, 2.05) is 33.0 Å². The lowest BCUT2D eigenvalue weighted by Crippen LogP contribution is -2.38. The molecule has 6 nitrogen and oxygen atoms in total. The van der Waals surface area contributed by atoms with E-state index < -0.39 is 0 Å². The molecule has 2 rings (SSSR count). The fraction of sp³-hybridized carbons (Fsp3) is 0.421. The van der Waals surface area contributed by atoms with E-state index in [9.17, 15) is 0 Å². The predicted octanol–water partition coefficient (Wildman–Crippen LogP) is 3.05. The number of pyridine rings is 2. The fourth-order valence-corrected chi connectivity index (χ4v) is 2.72. The Morgan fingerprint density at radius 2 is 2.00 bits per heavy atom. The molecule has 2 heterocycles. The molecule has 0 saturated heterocycles. The highest BCUT2D eigenvalue weighted by atomic mass is 35.5. The highest BCUT2D eigenvalue weighted by Crippen LogP contribution is 2.24. The summed E-state index contributed by atoms with van der Waals surface area (Å²) in [5.74, 6) is 1.63.